The molecule has 0 saturated heterocycles. The molecule has 296 valence electrons. The highest BCUT2D eigenvalue weighted by Gasteiger charge is 2.16. The molecule has 0 unspecified atom stereocenters. The van der Waals surface area contributed by atoms with Crippen LogP contribution in [-0.4, -0.2) is 47.6 Å². The van der Waals surface area contributed by atoms with Crippen molar-refractivity contribution in [1.82, 2.24) is 0 Å². The van der Waals surface area contributed by atoms with Crippen molar-refractivity contribution < 1.29 is 29.3 Å². The summed E-state index contributed by atoms with van der Waals surface area (Å²) >= 11 is 0. The van der Waals surface area contributed by atoms with Crippen LogP contribution in [0.4, 0.5) is 0 Å². The topological polar surface area (TPSA) is 93.1 Å². The van der Waals surface area contributed by atoms with Crippen LogP contribution in [0.2, 0.25) is 0 Å². The van der Waals surface area contributed by atoms with Gasteiger partial charge in [0.15, 0.2) is 6.10 Å². The Morgan fingerprint density at radius 1 is 0.549 bits per heavy atom. The van der Waals surface area contributed by atoms with E-state index in [-0.39, 0.29) is 37.7 Å². The number of aliphatic hydroxyl groups is 2. The number of ether oxygens (including phenoxy) is 2. The van der Waals surface area contributed by atoms with Gasteiger partial charge < -0.3 is 19.7 Å². The van der Waals surface area contributed by atoms with Crippen LogP contribution in [0, 0.1) is 0 Å². The molecule has 2 N–H and O–H groups in total. The van der Waals surface area contributed by atoms with Crippen LogP contribution in [-0.2, 0) is 19.1 Å². The lowest BCUT2D eigenvalue weighted by molar-refractivity contribution is -0.161. The summed E-state index contributed by atoms with van der Waals surface area (Å²) in [5, 5.41) is 19.4. The molecule has 0 amide bonds. The minimum Gasteiger partial charge on any atom is -0.462 e. The number of carbonyl (C=O) groups is 2. The van der Waals surface area contributed by atoms with Gasteiger partial charge in [-0.1, -0.05) is 197 Å². The van der Waals surface area contributed by atoms with Gasteiger partial charge >= 0.3 is 11.9 Å². The molecule has 0 fully saturated rings. The molecule has 0 aliphatic carbocycles. The van der Waals surface area contributed by atoms with Gasteiger partial charge in [-0.2, -0.15) is 0 Å². The van der Waals surface area contributed by atoms with E-state index in [1.54, 1.807) is 0 Å². The van der Waals surface area contributed by atoms with Crippen molar-refractivity contribution in [3.05, 3.63) is 48.6 Å². The lowest BCUT2D eigenvalue weighted by Gasteiger charge is -2.15. The number of carbonyl (C=O) groups excluding carboxylic acids is 2. The average molecular weight is 717 g/mol. The van der Waals surface area contributed by atoms with Gasteiger partial charge in [-0.3, -0.25) is 9.59 Å². The molecule has 0 spiro atoms. The van der Waals surface area contributed by atoms with E-state index in [1.807, 2.05) is 18.2 Å². The Balaban J connectivity index is 3.64. The molecular weight excluding hydrogens is 636 g/mol. The second-order valence-electron chi connectivity index (χ2n) is 14.3. The summed E-state index contributed by atoms with van der Waals surface area (Å²) < 4.78 is 10.6. The smallest absolute Gasteiger partial charge is 0.306 e. The van der Waals surface area contributed by atoms with Gasteiger partial charge in [0, 0.05) is 12.8 Å². The summed E-state index contributed by atoms with van der Waals surface area (Å²) in [6.07, 6.45) is 47.9. The lowest BCUT2D eigenvalue weighted by atomic mass is 10.0. The largest absolute Gasteiger partial charge is 0.462 e. The fourth-order valence-corrected chi connectivity index (χ4v) is 5.95. The van der Waals surface area contributed by atoms with Crippen LogP contribution in [0.1, 0.15) is 200 Å². The molecule has 0 bridgehead atoms. The van der Waals surface area contributed by atoms with Crippen molar-refractivity contribution in [1.29, 1.82) is 0 Å². The zero-order chi connectivity index (χ0) is 37.3. The van der Waals surface area contributed by atoms with Gasteiger partial charge in [0.05, 0.1) is 12.7 Å². The highest BCUT2D eigenvalue weighted by atomic mass is 16.6. The number of unbranched alkanes of at least 4 members (excludes halogenated alkanes) is 21. The standard InChI is InChI=1S/C45H80O6/c1-3-5-7-8-9-10-11-12-13-14-15-16-17-18-21-24-27-30-34-38-44(48)50-41-43(40-46)51-45(49)39-35-31-28-25-22-19-20-23-26-29-33-37-42(47)36-32-6-4-2/h19-20,25-26,28-29,33,37,42-43,46-47H,3-18,21-24,27,30-32,34-36,38-41H2,1-2H3/b20-19-,28-25-,29-26-,37-33+/t42-,43-/m0/s1. The third-order valence-electron chi connectivity index (χ3n) is 9.23. The summed E-state index contributed by atoms with van der Waals surface area (Å²) in [4.78, 5) is 24.3. The van der Waals surface area contributed by atoms with Gasteiger partial charge in [-0.05, 0) is 38.5 Å². The maximum Gasteiger partial charge on any atom is 0.306 e. The Kier molecular flexibility index (Phi) is 38.9. The molecule has 0 aliphatic heterocycles. The van der Waals surface area contributed by atoms with Crippen molar-refractivity contribution in [2.24, 2.45) is 0 Å². The van der Waals surface area contributed by atoms with Crippen molar-refractivity contribution in [3.63, 3.8) is 0 Å². The Labute approximate surface area is 314 Å². The number of hydrogen-bond acceptors (Lipinski definition) is 6. The number of rotatable bonds is 38. The fourth-order valence-electron chi connectivity index (χ4n) is 5.95. The highest BCUT2D eigenvalue weighted by molar-refractivity contribution is 5.70. The predicted octanol–water partition coefficient (Wildman–Crippen LogP) is 12.4. The molecule has 0 rings (SSSR count). The molecule has 0 aliphatic rings. The second-order valence-corrected chi connectivity index (χ2v) is 14.3. The molecule has 51 heavy (non-hydrogen) atoms. The Morgan fingerprint density at radius 2 is 1.02 bits per heavy atom. The molecule has 6 nitrogen and oxygen atoms in total. The highest BCUT2D eigenvalue weighted by Crippen LogP contribution is 2.15. The summed E-state index contributed by atoms with van der Waals surface area (Å²) in [6.45, 7) is 3.98. The number of allylic oxidation sites excluding steroid dienone is 7. The van der Waals surface area contributed by atoms with Gasteiger partial charge in [-0.25, -0.2) is 0 Å². The first-order valence-electron chi connectivity index (χ1n) is 21.3. The van der Waals surface area contributed by atoms with E-state index in [0.29, 0.717) is 12.8 Å². The lowest BCUT2D eigenvalue weighted by Crippen LogP contribution is -2.28. The molecule has 0 saturated carbocycles. The second kappa shape index (κ2) is 40.6. The van der Waals surface area contributed by atoms with Crippen molar-refractivity contribution >= 4 is 11.9 Å². The third-order valence-corrected chi connectivity index (χ3v) is 9.23. The van der Waals surface area contributed by atoms with Crippen LogP contribution in [0.3, 0.4) is 0 Å². The van der Waals surface area contributed by atoms with E-state index in [1.165, 1.54) is 109 Å². The van der Waals surface area contributed by atoms with E-state index in [9.17, 15) is 19.8 Å². The Bertz CT molecular complexity index is 876. The fraction of sp³-hybridized carbons (Fsp3) is 0.778. The quantitative estimate of drug-likeness (QED) is 0.0286. The summed E-state index contributed by atoms with van der Waals surface area (Å²) in [5.41, 5.74) is 0. The van der Waals surface area contributed by atoms with Gasteiger partial charge in [0.1, 0.15) is 6.61 Å². The Morgan fingerprint density at radius 3 is 1.57 bits per heavy atom. The van der Waals surface area contributed by atoms with Crippen molar-refractivity contribution in [2.75, 3.05) is 13.2 Å². The monoisotopic (exact) mass is 717 g/mol. The maximum absolute atomic E-state index is 12.2. The van der Waals surface area contributed by atoms with Crippen LogP contribution < -0.4 is 0 Å². The predicted molar refractivity (Wildman–Crippen MR) is 216 cm³/mol. The summed E-state index contributed by atoms with van der Waals surface area (Å²) in [7, 11) is 0. The van der Waals surface area contributed by atoms with E-state index in [4.69, 9.17) is 9.47 Å². The van der Waals surface area contributed by atoms with Crippen LogP contribution in [0.15, 0.2) is 48.6 Å². The van der Waals surface area contributed by atoms with Crippen molar-refractivity contribution in [3.8, 4) is 0 Å². The van der Waals surface area contributed by atoms with E-state index < -0.39 is 6.10 Å². The van der Waals surface area contributed by atoms with E-state index >= 15 is 0 Å². The zero-order valence-electron chi connectivity index (χ0n) is 33.2. The van der Waals surface area contributed by atoms with E-state index in [0.717, 1.165) is 57.8 Å². The molecule has 0 radical (unpaired) electrons. The molecular formula is C45H80O6. The molecule has 0 heterocycles. The average Bonchev–Trinajstić information content (AvgIpc) is 3.13. The van der Waals surface area contributed by atoms with Crippen LogP contribution in [0.25, 0.3) is 0 Å². The number of esters is 2. The number of hydrogen-bond donors (Lipinski definition) is 2. The first-order valence-corrected chi connectivity index (χ1v) is 21.3. The minimum absolute atomic E-state index is 0.0983. The number of aliphatic hydroxyl groups excluding tert-OH is 2. The van der Waals surface area contributed by atoms with Gasteiger partial charge in [0.25, 0.3) is 0 Å². The van der Waals surface area contributed by atoms with Crippen molar-refractivity contribution in [2.45, 2.75) is 212 Å². The van der Waals surface area contributed by atoms with E-state index in [2.05, 4.69) is 44.2 Å². The molecule has 0 aromatic heterocycles. The maximum atomic E-state index is 12.2. The van der Waals surface area contributed by atoms with Crippen LogP contribution >= 0.6 is 0 Å². The molecule has 0 aromatic rings. The molecule has 2 atom stereocenters. The minimum atomic E-state index is -0.812. The zero-order valence-corrected chi connectivity index (χ0v) is 33.2. The first-order chi connectivity index (χ1) is 25.0. The Hall–Kier alpha value is -2.18. The van der Waals surface area contributed by atoms with Gasteiger partial charge in [-0.15, -0.1) is 0 Å². The third kappa shape index (κ3) is 38.9. The van der Waals surface area contributed by atoms with Gasteiger partial charge in [0.2, 0.25) is 0 Å². The summed E-state index contributed by atoms with van der Waals surface area (Å²) in [5.74, 6) is -0.678. The summed E-state index contributed by atoms with van der Waals surface area (Å²) in [6, 6.07) is 0. The normalized spacial score (nSPS) is 13.3. The molecule has 6 heteroatoms. The van der Waals surface area contributed by atoms with Crippen LogP contribution in [0.5, 0.6) is 0 Å². The first kappa shape index (κ1) is 48.8. The molecule has 0 aromatic carbocycles. The SMILES string of the molecule is CCCCCCCCCCCCCCCCCCCCCC(=O)OC[C@H](CO)OC(=O)CCC/C=C\C/C=C\C/C=C\C=C\[C@@H](O)CCCCC.